The molecular formula is C10H5ClF4O4. The Kier molecular flexibility index (Phi) is 3.00. The standard InChI is InChI=1S/C10H5ClF4O4/c11-5-3-7-6(1-4(5)2-8(16)17)18-9(12,13)10(14,15)19-7/h1,3H,2H2,(H,16,17). The normalized spacial score (nSPS) is 19.0. The van der Waals surface area contributed by atoms with Crippen LogP contribution in [0, 0.1) is 0 Å². The zero-order valence-corrected chi connectivity index (χ0v) is 9.68. The lowest BCUT2D eigenvalue weighted by atomic mass is 10.1. The van der Waals surface area contributed by atoms with Gasteiger partial charge in [-0.3, -0.25) is 4.79 Å². The quantitative estimate of drug-likeness (QED) is 0.853. The van der Waals surface area contributed by atoms with Gasteiger partial charge in [0.1, 0.15) is 0 Å². The van der Waals surface area contributed by atoms with Crippen LogP contribution >= 0.6 is 11.6 Å². The Bertz CT molecular complexity index is 547. The largest absolute Gasteiger partial charge is 0.507 e. The monoisotopic (exact) mass is 300 g/mol. The molecular weight excluding hydrogens is 296 g/mol. The number of ether oxygens (including phenoxy) is 2. The van der Waals surface area contributed by atoms with Gasteiger partial charge in [0.15, 0.2) is 11.5 Å². The summed E-state index contributed by atoms with van der Waals surface area (Å²) in [7, 11) is 0. The van der Waals surface area contributed by atoms with Gasteiger partial charge in [0.05, 0.1) is 6.42 Å². The van der Waals surface area contributed by atoms with Crippen LogP contribution in [0.1, 0.15) is 5.56 Å². The van der Waals surface area contributed by atoms with Crippen LogP contribution in [0.5, 0.6) is 11.5 Å². The first-order valence-corrected chi connectivity index (χ1v) is 5.18. The highest BCUT2D eigenvalue weighted by Gasteiger charge is 2.66. The fraction of sp³-hybridized carbons (Fsp3) is 0.300. The molecule has 1 aromatic carbocycles. The number of halogens is 5. The summed E-state index contributed by atoms with van der Waals surface area (Å²) in [6.07, 6.45) is -10.3. The second-order valence-electron chi connectivity index (χ2n) is 3.70. The Labute approximate surface area is 108 Å². The van der Waals surface area contributed by atoms with E-state index in [1.165, 1.54) is 0 Å². The van der Waals surface area contributed by atoms with E-state index in [-0.39, 0.29) is 10.6 Å². The Morgan fingerprint density at radius 3 is 2.11 bits per heavy atom. The Morgan fingerprint density at radius 2 is 1.63 bits per heavy atom. The maximum atomic E-state index is 12.9. The van der Waals surface area contributed by atoms with Gasteiger partial charge in [-0.15, -0.1) is 0 Å². The summed E-state index contributed by atoms with van der Waals surface area (Å²) < 4.78 is 59.2. The molecule has 0 atom stereocenters. The van der Waals surface area contributed by atoms with Crippen LogP contribution in [0.3, 0.4) is 0 Å². The third kappa shape index (κ3) is 2.40. The summed E-state index contributed by atoms with van der Waals surface area (Å²) in [5.41, 5.74) is -0.0578. The molecule has 1 aromatic rings. The van der Waals surface area contributed by atoms with E-state index in [9.17, 15) is 22.4 Å². The molecule has 2 rings (SSSR count). The lowest BCUT2D eigenvalue weighted by molar-refractivity contribution is -0.391. The van der Waals surface area contributed by atoms with Crippen molar-refractivity contribution in [2.75, 3.05) is 0 Å². The molecule has 1 aliphatic rings. The molecule has 0 unspecified atom stereocenters. The number of aliphatic carboxylic acids is 1. The van der Waals surface area contributed by atoms with E-state index in [0.29, 0.717) is 0 Å². The van der Waals surface area contributed by atoms with Crippen LogP contribution < -0.4 is 9.47 Å². The Balaban J connectivity index is 2.45. The highest BCUT2D eigenvalue weighted by atomic mass is 35.5. The Hall–Kier alpha value is -1.70. The molecule has 9 heteroatoms. The number of carboxylic acids is 1. The molecule has 4 nitrogen and oxygen atoms in total. The van der Waals surface area contributed by atoms with Gasteiger partial charge < -0.3 is 14.6 Å². The summed E-state index contributed by atoms with van der Waals surface area (Å²) in [5, 5.41) is 8.38. The van der Waals surface area contributed by atoms with Crippen molar-refractivity contribution < 1.29 is 36.9 Å². The van der Waals surface area contributed by atoms with E-state index in [4.69, 9.17) is 16.7 Å². The average molecular weight is 301 g/mol. The van der Waals surface area contributed by atoms with E-state index in [2.05, 4.69) is 9.47 Å². The van der Waals surface area contributed by atoms with Crippen LogP contribution in [-0.4, -0.2) is 23.3 Å². The predicted molar refractivity (Wildman–Crippen MR) is 53.9 cm³/mol. The maximum Gasteiger partial charge on any atom is 0.507 e. The molecule has 0 bridgehead atoms. The second kappa shape index (κ2) is 4.16. The number of benzene rings is 1. The number of hydrogen-bond donors (Lipinski definition) is 1. The van der Waals surface area contributed by atoms with Crippen LogP contribution in [-0.2, 0) is 11.2 Å². The number of carboxylic acid groups (broad SMARTS) is 1. The van der Waals surface area contributed by atoms with E-state index in [1.807, 2.05) is 0 Å². The topological polar surface area (TPSA) is 55.8 Å². The van der Waals surface area contributed by atoms with E-state index in [0.717, 1.165) is 12.1 Å². The molecule has 0 saturated carbocycles. The smallest absolute Gasteiger partial charge is 0.481 e. The number of hydrogen-bond acceptors (Lipinski definition) is 3. The van der Waals surface area contributed by atoms with Crippen LogP contribution in [0.4, 0.5) is 17.6 Å². The minimum Gasteiger partial charge on any atom is -0.481 e. The summed E-state index contributed by atoms with van der Waals surface area (Å²) in [6.45, 7) is 0. The predicted octanol–water partition coefficient (Wildman–Crippen LogP) is 2.92. The van der Waals surface area contributed by atoms with Gasteiger partial charge in [0, 0.05) is 11.1 Å². The van der Waals surface area contributed by atoms with Crippen molar-refractivity contribution in [2.24, 2.45) is 0 Å². The zero-order valence-electron chi connectivity index (χ0n) is 8.92. The first-order valence-electron chi connectivity index (χ1n) is 4.80. The summed E-state index contributed by atoms with van der Waals surface area (Å²) in [6, 6.07) is 1.63. The van der Waals surface area contributed by atoms with E-state index < -0.39 is 36.1 Å². The molecule has 0 aromatic heterocycles. The Morgan fingerprint density at radius 1 is 1.16 bits per heavy atom. The van der Waals surface area contributed by atoms with Crippen LogP contribution in [0.25, 0.3) is 0 Å². The summed E-state index contributed by atoms with van der Waals surface area (Å²) in [4.78, 5) is 10.5. The van der Waals surface area contributed by atoms with Gasteiger partial charge in [-0.2, -0.15) is 17.6 Å². The molecule has 1 heterocycles. The second-order valence-corrected chi connectivity index (χ2v) is 4.11. The van der Waals surface area contributed by atoms with Crippen molar-refractivity contribution in [3.63, 3.8) is 0 Å². The molecule has 1 aliphatic heterocycles. The van der Waals surface area contributed by atoms with Gasteiger partial charge in [0.25, 0.3) is 0 Å². The van der Waals surface area contributed by atoms with E-state index >= 15 is 0 Å². The third-order valence-corrected chi connectivity index (χ3v) is 2.62. The summed E-state index contributed by atoms with van der Waals surface area (Å²) in [5.74, 6) is -2.65. The van der Waals surface area contributed by atoms with Crippen LogP contribution in [0.2, 0.25) is 5.02 Å². The molecule has 19 heavy (non-hydrogen) atoms. The average Bonchev–Trinajstić information content (AvgIpc) is 2.21. The lowest BCUT2D eigenvalue weighted by Crippen LogP contribution is -2.52. The van der Waals surface area contributed by atoms with Crippen molar-refractivity contribution in [2.45, 2.75) is 18.6 Å². The molecule has 0 saturated heterocycles. The van der Waals surface area contributed by atoms with Crippen molar-refractivity contribution >= 4 is 17.6 Å². The van der Waals surface area contributed by atoms with Crippen LogP contribution in [0.15, 0.2) is 12.1 Å². The van der Waals surface area contributed by atoms with Gasteiger partial charge in [-0.25, -0.2) is 0 Å². The summed E-state index contributed by atoms with van der Waals surface area (Å²) >= 11 is 5.64. The first-order chi connectivity index (χ1) is 8.62. The fourth-order valence-corrected chi connectivity index (χ4v) is 1.65. The minimum atomic E-state index is -4.85. The van der Waals surface area contributed by atoms with E-state index in [1.54, 1.807) is 0 Å². The van der Waals surface area contributed by atoms with Gasteiger partial charge in [-0.05, 0) is 11.6 Å². The van der Waals surface area contributed by atoms with Gasteiger partial charge in [0.2, 0.25) is 0 Å². The molecule has 104 valence electrons. The SMILES string of the molecule is O=C(O)Cc1cc2c(cc1Cl)OC(F)(F)C(F)(F)O2. The van der Waals surface area contributed by atoms with Crippen molar-refractivity contribution in [1.82, 2.24) is 0 Å². The van der Waals surface area contributed by atoms with Crippen molar-refractivity contribution in [1.29, 1.82) is 0 Å². The van der Waals surface area contributed by atoms with Crippen molar-refractivity contribution in [3.8, 4) is 11.5 Å². The molecule has 0 aliphatic carbocycles. The number of fused-ring (bicyclic) bond motifs is 1. The van der Waals surface area contributed by atoms with Crippen molar-refractivity contribution in [3.05, 3.63) is 22.7 Å². The molecule has 0 fully saturated rings. The highest BCUT2D eigenvalue weighted by Crippen LogP contribution is 2.48. The third-order valence-electron chi connectivity index (χ3n) is 2.27. The lowest BCUT2D eigenvalue weighted by Gasteiger charge is -2.32. The minimum absolute atomic E-state index is 0.0578. The number of rotatable bonds is 2. The molecule has 0 spiro atoms. The van der Waals surface area contributed by atoms with Gasteiger partial charge >= 0.3 is 18.2 Å². The molecule has 0 amide bonds. The van der Waals surface area contributed by atoms with Gasteiger partial charge in [-0.1, -0.05) is 11.6 Å². The fourth-order valence-electron chi connectivity index (χ4n) is 1.43. The number of carbonyl (C=O) groups is 1. The first kappa shape index (κ1) is 13.7. The molecule has 1 N–H and O–H groups in total. The highest BCUT2D eigenvalue weighted by molar-refractivity contribution is 6.31. The zero-order chi connectivity index (χ0) is 14.4. The molecule has 0 radical (unpaired) electrons. The number of alkyl halides is 4. The maximum absolute atomic E-state index is 12.9.